The molecule has 3 heteroatoms. The summed E-state index contributed by atoms with van der Waals surface area (Å²) in [6.45, 7) is 0.778. The lowest BCUT2D eigenvalue weighted by atomic mass is 10.0. The Kier molecular flexibility index (Phi) is 3.34. The summed E-state index contributed by atoms with van der Waals surface area (Å²) < 4.78 is 0. The number of anilines is 2. The van der Waals surface area contributed by atoms with Crippen LogP contribution >= 0.6 is 0 Å². The van der Waals surface area contributed by atoms with E-state index in [-0.39, 0.29) is 5.91 Å². The van der Waals surface area contributed by atoms with E-state index in [1.54, 1.807) is 0 Å². The minimum atomic E-state index is 0.105. The first-order valence-electron chi connectivity index (χ1n) is 5.84. The van der Waals surface area contributed by atoms with Crippen molar-refractivity contribution in [2.45, 2.75) is 25.7 Å². The van der Waals surface area contributed by atoms with Gasteiger partial charge in [0, 0.05) is 30.8 Å². The number of rotatable bonds is 2. The van der Waals surface area contributed by atoms with Gasteiger partial charge in [-0.25, -0.2) is 0 Å². The van der Waals surface area contributed by atoms with Crippen LogP contribution in [0.5, 0.6) is 0 Å². The van der Waals surface area contributed by atoms with Gasteiger partial charge in [0.25, 0.3) is 0 Å². The minimum Gasteiger partial charge on any atom is -0.399 e. The van der Waals surface area contributed by atoms with Crippen molar-refractivity contribution in [2.24, 2.45) is 0 Å². The number of aryl methyl sites for hydroxylation is 1. The maximum absolute atomic E-state index is 12.0. The second kappa shape index (κ2) is 4.92. The number of nitrogens with two attached hydrogens (primary N) is 1. The van der Waals surface area contributed by atoms with Gasteiger partial charge in [-0.15, -0.1) is 12.3 Å². The molecule has 0 aromatic heterocycles. The average Bonchev–Trinajstić information content (AvgIpc) is 2.34. The maximum atomic E-state index is 12.0. The molecule has 0 saturated heterocycles. The second-order valence-electron chi connectivity index (χ2n) is 4.24. The number of nitrogen functional groups attached to an aromatic ring is 1. The molecule has 1 aliphatic heterocycles. The summed E-state index contributed by atoms with van der Waals surface area (Å²) >= 11 is 0. The van der Waals surface area contributed by atoms with Crippen molar-refractivity contribution >= 4 is 17.3 Å². The number of terminal acetylenes is 1. The first kappa shape index (κ1) is 11.5. The van der Waals surface area contributed by atoms with Crippen LogP contribution in [0.1, 0.15) is 24.8 Å². The lowest BCUT2D eigenvalue weighted by molar-refractivity contribution is -0.118. The molecule has 17 heavy (non-hydrogen) atoms. The summed E-state index contributed by atoms with van der Waals surface area (Å²) in [5.41, 5.74) is 8.66. The van der Waals surface area contributed by atoms with Crippen LogP contribution in [0, 0.1) is 12.3 Å². The van der Waals surface area contributed by atoms with Crippen molar-refractivity contribution in [3.05, 3.63) is 23.8 Å². The molecule has 0 bridgehead atoms. The molecule has 0 spiro atoms. The summed E-state index contributed by atoms with van der Waals surface area (Å²) in [5.74, 6) is 2.61. The van der Waals surface area contributed by atoms with Crippen molar-refractivity contribution in [1.29, 1.82) is 0 Å². The third-order valence-electron chi connectivity index (χ3n) is 3.01. The summed E-state index contributed by atoms with van der Waals surface area (Å²) in [7, 11) is 0. The molecule has 2 N–H and O–H groups in total. The maximum Gasteiger partial charge on any atom is 0.227 e. The van der Waals surface area contributed by atoms with E-state index >= 15 is 0 Å². The van der Waals surface area contributed by atoms with Crippen LogP contribution in [0.15, 0.2) is 18.2 Å². The quantitative estimate of drug-likeness (QED) is 0.621. The van der Waals surface area contributed by atoms with Crippen LogP contribution in [-0.4, -0.2) is 12.5 Å². The van der Waals surface area contributed by atoms with E-state index in [1.807, 2.05) is 23.1 Å². The van der Waals surface area contributed by atoms with Gasteiger partial charge in [0.2, 0.25) is 5.91 Å². The molecule has 0 saturated carbocycles. The number of hydrogen-bond acceptors (Lipinski definition) is 2. The smallest absolute Gasteiger partial charge is 0.227 e. The van der Waals surface area contributed by atoms with Crippen LogP contribution < -0.4 is 10.6 Å². The summed E-state index contributed by atoms with van der Waals surface area (Å²) in [4.78, 5) is 13.8. The summed E-state index contributed by atoms with van der Waals surface area (Å²) in [6, 6.07) is 5.72. The lowest BCUT2D eigenvalue weighted by Crippen LogP contribution is -2.35. The fourth-order valence-corrected chi connectivity index (χ4v) is 2.19. The molecule has 1 amide bonds. The van der Waals surface area contributed by atoms with E-state index in [0.29, 0.717) is 12.8 Å². The lowest BCUT2D eigenvalue weighted by Gasteiger charge is -2.29. The fraction of sp³-hybridized carbons (Fsp3) is 0.357. The number of hydrogen-bond donors (Lipinski definition) is 1. The molecule has 0 aliphatic carbocycles. The number of fused-ring (bicyclic) bond motifs is 1. The highest BCUT2D eigenvalue weighted by molar-refractivity contribution is 5.94. The minimum absolute atomic E-state index is 0.105. The highest BCUT2D eigenvalue weighted by Gasteiger charge is 2.21. The molecule has 0 unspecified atom stereocenters. The van der Waals surface area contributed by atoms with Crippen LogP contribution in [0.25, 0.3) is 0 Å². The molecule has 3 nitrogen and oxygen atoms in total. The molecule has 1 aromatic rings. The summed E-state index contributed by atoms with van der Waals surface area (Å²) in [5, 5.41) is 0. The zero-order valence-electron chi connectivity index (χ0n) is 9.78. The van der Waals surface area contributed by atoms with Gasteiger partial charge in [-0.05, 0) is 36.6 Å². The number of carbonyl (C=O) groups is 1. The Balaban J connectivity index is 2.23. The van der Waals surface area contributed by atoms with Gasteiger partial charge in [-0.1, -0.05) is 0 Å². The van der Waals surface area contributed by atoms with Gasteiger partial charge in [0.05, 0.1) is 0 Å². The van der Waals surface area contributed by atoms with Gasteiger partial charge >= 0.3 is 0 Å². The Labute approximate surface area is 102 Å². The molecular formula is C14H16N2O. The van der Waals surface area contributed by atoms with Crippen LogP contribution in [0.2, 0.25) is 0 Å². The van der Waals surface area contributed by atoms with Gasteiger partial charge in [0.15, 0.2) is 0 Å². The third-order valence-corrected chi connectivity index (χ3v) is 3.01. The van der Waals surface area contributed by atoms with Crippen molar-refractivity contribution in [2.75, 3.05) is 17.2 Å². The Morgan fingerprint density at radius 2 is 2.35 bits per heavy atom. The van der Waals surface area contributed by atoms with Crippen LogP contribution in [-0.2, 0) is 11.2 Å². The van der Waals surface area contributed by atoms with E-state index in [2.05, 4.69) is 5.92 Å². The van der Waals surface area contributed by atoms with Crippen molar-refractivity contribution in [3.8, 4) is 12.3 Å². The van der Waals surface area contributed by atoms with E-state index in [9.17, 15) is 4.79 Å². The summed E-state index contributed by atoms with van der Waals surface area (Å²) in [6.07, 6.45) is 8.07. The standard InChI is InChI=1S/C14H16N2O/c1-2-3-6-14(17)16-9-4-5-11-10-12(15)7-8-13(11)16/h1,7-8,10H,3-6,9,15H2. The van der Waals surface area contributed by atoms with Crippen LogP contribution in [0.3, 0.4) is 0 Å². The van der Waals surface area contributed by atoms with Crippen molar-refractivity contribution in [3.63, 3.8) is 0 Å². The van der Waals surface area contributed by atoms with Gasteiger partial charge in [-0.3, -0.25) is 4.79 Å². The first-order valence-corrected chi connectivity index (χ1v) is 5.84. The Hall–Kier alpha value is -1.95. The topological polar surface area (TPSA) is 46.3 Å². The van der Waals surface area contributed by atoms with E-state index in [4.69, 9.17) is 12.2 Å². The highest BCUT2D eigenvalue weighted by atomic mass is 16.2. The predicted molar refractivity (Wildman–Crippen MR) is 69.6 cm³/mol. The Bertz CT molecular complexity index is 474. The van der Waals surface area contributed by atoms with Gasteiger partial charge < -0.3 is 10.6 Å². The second-order valence-corrected chi connectivity index (χ2v) is 4.24. The molecule has 0 radical (unpaired) electrons. The number of benzene rings is 1. The van der Waals surface area contributed by atoms with Crippen molar-refractivity contribution in [1.82, 2.24) is 0 Å². The normalized spacial score (nSPS) is 13.9. The zero-order chi connectivity index (χ0) is 12.3. The van der Waals surface area contributed by atoms with Gasteiger partial charge in [-0.2, -0.15) is 0 Å². The molecule has 0 atom stereocenters. The average molecular weight is 228 g/mol. The number of nitrogens with zero attached hydrogens (tertiary/aromatic N) is 1. The molecule has 1 aliphatic rings. The van der Waals surface area contributed by atoms with E-state index < -0.39 is 0 Å². The Morgan fingerprint density at radius 1 is 1.53 bits per heavy atom. The van der Waals surface area contributed by atoms with Gasteiger partial charge in [0.1, 0.15) is 0 Å². The van der Waals surface area contributed by atoms with E-state index in [1.165, 1.54) is 0 Å². The molecule has 1 aromatic carbocycles. The number of amides is 1. The molecule has 88 valence electrons. The molecule has 1 heterocycles. The predicted octanol–water partition coefficient (Wildman–Crippen LogP) is 1.96. The third kappa shape index (κ3) is 2.42. The fourth-order valence-electron chi connectivity index (χ4n) is 2.19. The van der Waals surface area contributed by atoms with E-state index in [0.717, 1.165) is 36.3 Å². The molecular weight excluding hydrogens is 212 g/mol. The Morgan fingerprint density at radius 3 is 3.12 bits per heavy atom. The molecule has 0 fully saturated rings. The number of carbonyl (C=O) groups excluding carboxylic acids is 1. The highest BCUT2D eigenvalue weighted by Crippen LogP contribution is 2.29. The SMILES string of the molecule is C#CCCC(=O)N1CCCc2cc(N)ccc21. The van der Waals surface area contributed by atoms with Crippen LogP contribution in [0.4, 0.5) is 11.4 Å². The zero-order valence-corrected chi connectivity index (χ0v) is 9.78. The molecule has 2 rings (SSSR count). The van der Waals surface area contributed by atoms with Crippen molar-refractivity contribution < 1.29 is 4.79 Å². The monoisotopic (exact) mass is 228 g/mol. The largest absolute Gasteiger partial charge is 0.399 e. The first-order chi connectivity index (χ1) is 8.22.